The largest absolute Gasteiger partial charge is 0.451 e. The van der Waals surface area contributed by atoms with Crippen LogP contribution in [0.2, 0.25) is 0 Å². The number of likely N-dealkylation sites (tertiary alicyclic amines) is 1. The molecule has 10 heteroatoms. The van der Waals surface area contributed by atoms with Gasteiger partial charge in [0.15, 0.2) is 5.76 Å². The van der Waals surface area contributed by atoms with Crippen molar-refractivity contribution in [3.63, 3.8) is 0 Å². The summed E-state index contributed by atoms with van der Waals surface area (Å²) in [5.74, 6) is -0.0933. The summed E-state index contributed by atoms with van der Waals surface area (Å²) in [6, 6.07) is 17.7. The number of carbonyl (C=O) groups excluding carboxylic acids is 3. The molecular weight excluding hydrogens is 466 g/mol. The molecular formula is C25H23N5O4S. The van der Waals surface area contributed by atoms with Gasteiger partial charge < -0.3 is 14.6 Å². The fourth-order valence-corrected chi connectivity index (χ4v) is 4.98. The van der Waals surface area contributed by atoms with Crippen molar-refractivity contribution < 1.29 is 18.8 Å². The number of urea groups is 1. The lowest BCUT2D eigenvalue weighted by atomic mass is 9.97. The molecule has 2 aromatic heterocycles. The normalized spacial score (nSPS) is 14.0. The number of hydrogen-bond acceptors (Lipinski definition) is 6. The highest BCUT2D eigenvalue weighted by Crippen LogP contribution is 2.31. The Morgan fingerprint density at radius 3 is 2.49 bits per heavy atom. The molecule has 1 aliphatic heterocycles. The van der Waals surface area contributed by atoms with Crippen LogP contribution in [0.5, 0.6) is 0 Å². The molecule has 1 fully saturated rings. The van der Waals surface area contributed by atoms with E-state index >= 15 is 0 Å². The summed E-state index contributed by atoms with van der Waals surface area (Å²) < 4.78 is 5.72. The van der Waals surface area contributed by atoms with Crippen LogP contribution < -0.4 is 16.2 Å². The van der Waals surface area contributed by atoms with Crippen molar-refractivity contribution in [1.29, 1.82) is 0 Å². The maximum atomic E-state index is 12.9. The number of furan rings is 1. The lowest BCUT2D eigenvalue weighted by Crippen LogP contribution is -2.44. The van der Waals surface area contributed by atoms with Gasteiger partial charge in [0.05, 0.1) is 5.01 Å². The van der Waals surface area contributed by atoms with Gasteiger partial charge in [-0.05, 0) is 37.1 Å². The van der Waals surface area contributed by atoms with Gasteiger partial charge in [0.25, 0.3) is 11.8 Å². The Morgan fingerprint density at radius 1 is 0.971 bits per heavy atom. The Kier molecular flexibility index (Phi) is 6.44. The van der Waals surface area contributed by atoms with Crippen LogP contribution in [0.15, 0.2) is 70.5 Å². The standard InChI is InChI=1S/C25H23N5O4S/c31-22(28-29-25(33)26-18-7-2-1-3-8-18)19-15-35-23(27-19)16-10-12-30(13-11-16)24(32)21-14-17-6-4-5-9-20(17)34-21/h1-9,14-16H,10-13H2,(H,28,31)(H2,26,29,33). The molecule has 1 aliphatic rings. The van der Waals surface area contributed by atoms with Gasteiger partial charge in [-0.25, -0.2) is 15.2 Å². The number of para-hydroxylation sites is 2. The number of nitrogens with zero attached hydrogens (tertiary/aromatic N) is 2. The third-order valence-corrected chi connectivity index (χ3v) is 6.85. The van der Waals surface area contributed by atoms with Gasteiger partial charge in [0.1, 0.15) is 11.3 Å². The molecule has 9 nitrogen and oxygen atoms in total. The minimum Gasteiger partial charge on any atom is -0.451 e. The van der Waals surface area contributed by atoms with Crippen molar-refractivity contribution in [2.45, 2.75) is 18.8 Å². The highest BCUT2D eigenvalue weighted by atomic mass is 32.1. The molecule has 0 aliphatic carbocycles. The van der Waals surface area contributed by atoms with Crippen LogP contribution in [-0.4, -0.2) is 40.8 Å². The zero-order valence-corrected chi connectivity index (χ0v) is 19.5. The first-order valence-corrected chi connectivity index (χ1v) is 12.1. The van der Waals surface area contributed by atoms with Gasteiger partial charge in [0, 0.05) is 35.5 Å². The van der Waals surface area contributed by atoms with Crippen molar-refractivity contribution in [2.75, 3.05) is 18.4 Å². The minimum atomic E-state index is -0.554. The molecule has 0 unspecified atom stereocenters. The van der Waals surface area contributed by atoms with Crippen LogP contribution >= 0.6 is 11.3 Å². The number of amides is 4. The number of hydrazine groups is 1. The average molecular weight is 490 g/mol. The van der Waals surface area contributed by atoms with E-state index in [1.54, 1.807) is 40.6 Å². The molecule has 0 bridgehead atoms. The van der Waals surface area contributed by atoms with Crippen LogP contribution in [0.4, 0.5) is 10.5 Å². The number of hydrogen-bond donors (Lipinski definition) is 3. The Bertz CT molecular complexity index is 1330. The van der Waals surface area contributed by atoms with E-state index in [4.69, 9.17) is 4.42 Å². The van der Waals surface area contributed by atoms with Crippen molar-refractivity contribution in [3.05, 3.63) is 82.5 Å². The van der Waals surface area contributed by atoms with E-state index in [0.717, 1.165) is 23.2 Å². The molecule has 178 valence electrons. The maximum Gasteiger partial charge on any atom is 0.337 e. The lowest BCUT2D eigenvalue weighted by Gasteiger charge is -2.30. The van der Waals surface area contributed by atoms with E-state index < -0.39 is 11.9 Å². The van der Waals surface area contributed by atoms with Gasteiger partial charge in [0.2, 0.25) is 0 Å². The first kappa shape index (κ1) is 22.6. The molecule has 35 heavy (non-hydrogen) atoms. The maximum absolute atomic E-state index is 12.9. The molecule has 2 aromatic carbocycles. The Hall–Kier alpha value is -4.18. The summed E-state index contributed by atoms with van der Waals surface area (Å²) in [4.78, 5) is 43.5. The van der Waals surface area contributed by atoms with Crippen molar-refractivity contribution in [2.24, 2.45) is 0 Å². The molecule has 5 rings (SSSR count). The fraction of sp³-hybridized carbons (Fsp3) is 0.200. The molecule has 1 saturated heterocycles. The molecule has 3 N–H and O–H groups in total. The minimum absolute atomic E-state index is 0.112. The number of benzene rings is 2. The highest BCUT2D eigenvalue weighted by molar-refractivity contribution is 7.09. The molecule has 0 saturated carbocycles. The topological polar surface area (TPSA) is 117 Å². The summed E-state index contributed by atoms with van der Waals surface area (Å²) in [7, 11) is 0. The SMILES string of the molecule is O=C(NNC(=O)c1csc(C2CCN(C(=O)c3cc4ccccc4o3)CC2)n1)Nc1ccccc1. The van der Waals surface area contributed by atoms with E-state index in [0.29, 0.717) is 30.1 Å². The van der Waals surface area contributed by atoms with Gasteiger partial charge >= 0.3 is 6.03 Å². The zero-order valence-electron chi connectivity index (χ0n) is 18.7. The molecule has 4 amide bonds. The van der Waals surface area contributed by atoms with Crippen LogP contribution in [-0.2, 0) is 0 Å². The molecule has 0 spiro atoms. The van der Waals surface area contributed by atoms with E-state index in [1.807, 2.05) is 30.3 Å². The molecule has 0 radical (unpaired) electrons. The average Bonchev–Trinajstić information content (AvgIpc) is 3.55. The monoisotopic (exact) mass is 489 g/mol. The van der Waals surface area contributed by atoms with Gasteiger partial charge in [-0.1, -0.05) is 36.4 Å². The lowest BCUT2D eigenvalue weighted by molar-refractivity contribution is 0.0683. The number of anilines is 1. The molecule has 0 atom stereocenters. The first-order valence-electron chi connectivity index (χ1n) is 11.2. The van der Waals surface area contributed by atoms with E-state index in [9.17, 15) is 14.4 Å². The van der Waals surface area contributed by atoms with Gasteiger partial charge in [-0.15, -0.1) is 11.3 Å². The summed E-state index contributed by atoms with van der Waals surface area (Å²) in [5, 5.41) is 6.05. The third kappa shape index (κ3) is 5.17. The van der Waals surface area contributed by atoms with Crippen LogP contribution in [0.3, 0.4) is 0 Å². The van der Waals surface area contributed by atoms with E-state index in [1.165, 1.54) is 11.3 Å². The van der Waals surface area contributed by atoms with Gasteiger partial charge in [-0.3, -0.25) is 15.0 Å². The number of piperidine rings is 1. The Labute approximate surface area is 205 Å². The Morgan fingerprint density at radius 2 is 1.71 bits per heavy atom. The van der Waals surface area contributed by atoms with Crippen LogP contribution in [0.25, 0.3) is 11.0 Å². The molecule has 3 heterocycles. The molecule has 4 aromatic rings. The summed E-state index contributed by atoms with van der Waals surface area (Å²) in [5.41, 5.74) is 6.24. The quantitative estimate of drug-likeness (QED) is 0.368. The predicted molar refractivity (Wildman–Crippen MR) is 132 cm³/mol. The first-order chi connectivity index (χ1) is 17.1. The second-order valence-corrected chi connectivity index (χ2v) is 9.07. The zero-order chi connectivity index (χ0) is 24.2. The Balaban J connectivity index is 1.12. The summed E-state index contributed by atoms with van der Waals surface area (Å²) in [6.45, 7) is 1.17. The third-order valence-electron chi connectivity index (χ3n) is 5.84. The second kappa shape index (κ2) is 9.98. The number of carbonyl (C=O) groups is 3. The van der Waals surface area contributed by atoms with Crippen LogP contribution in [0, 0.1) is 0 Å². The fourth-order valence-electron chi connectivity index (χ4n) is 4.01. The number of thiazole rings is 1. The number of aromatic nitrogens is 1. The van der Waals surface area contributed by atoms with Crippen molar-refractivity contribution in [3.8, 4) is 0 Å². The van der Waals surface area contributed by atoms with Crippen LogP contribution in [0.1, 0.15) is 44.8 Å². The summed E-state index contributed by atoms with van der Waals surface area (Å²) >= 11 is 1.41. The number of fused-ring (bicyclic) bond motifs is 1. The second-order valence-electron chi connectivity index (χ2n) is 8.19. The highest BCUT2D eigenvalue weighted by Gasteiger charge is 2.28. The van der Waals surface area contributed by atoms with Gasteiger partial charge in [-0.2, -0.15) is 0 Å². The van der Waals surface area contributed by atoms with Crippen molar-refractivity contribution in [1.82, 2.24) is 20.7 Å². The van der Waals surface area contributed by atoms with E-state index in [2.05, 4.69) is 21.2 Å². The number of rotatable bonds is 4. The predicted octanol–water partition coefficient (Wildman–Crippen LogP) is 4.38. The summed E-state index contributed by atoms with van der Waals surface area (Å²) in [6.07, 6.45) is 1.50. The van der Waals surface area contributed by atoms with Crippen molar-refractivity contribution >= 4 is 45.8 Å². The van der Waals surface area contributed by atoms with E-state index in [-0.39, 0.29) is 17.5 Å². The smallest absolute Gasteiger partial charge is 0.337 e. The number of nitrogens with one attached hydrogen (secondary N) is 3.